The highest BCUT2D eigenvalue weighted by Crippen LogP contribution is 2.25. The van der Waals surface area contributed by atoms with E-state index in [9.17, 15) is 9.90 Å². The summed E-state index contributed by atoms with van der Waals surface area (Å²) < 4.78 is 5.16. The predicted molar refractivity (Wildman–Crippen MR) is 66.2 cm³/mol. The van der Waals surface area contributed by atoms with E-state index in [4.69, 9.17) is 9.84 Å². The standard InChI is InChI=1S/C13H15NO4/c15-11-3-1-10(9-12(11)16)2-4-13(17)14-5-7-18-8-6-14/h1-4,9,15-16H,5-8H2. The number of phenolic OH excluding ortho intramolecular Hbond substituents is 2. The van der Waals surface area contributed by atoms with Gasteiger partial charge in [0.2, 0.25) is 5.91 Å². The summed E-state index contributed by atoms with van der Waals surface area (Å²) in [6.45, 7) is 2.34. The number of hydrogen-bond acceptors (Lipinski definition) is 4. The van der Waals surface area contributed by atoms with Crippen LogP contribution >= 0.6 is 0 Å². The second-order valence-corrected chi connectivity index (χ2v) is 4.02. The van der Waals surface area contributed by atoms with Crippen molar-refractivity contribution in [3.05, 3.63) is 29.8 Å². The number of morpholine rings is 1. The Hall–Kier alpha value is -2.01. The van der Waals surface area contributed by atoms with Gasteiger partial charge >= 0.3 is 0 Å². The Bertz CT molecular complexity index is 464. The van der Waals surface area contributed by atoms with Crippen LogP contribution in [-0.2, 0) is 9.53 Å². The van der Waals surface area contributed by atoms with E-state index in [2.05, 4.69) is 0 Å². The monoisotopic (exact) mass is 249 g/mol. The summed E-state index contributed by atoms with van der Waals surface area (Å²) >= 11 is 0. The van der Waals surface area contributed by atoms with Crippen molar-refractivity contribution in [3.63, 3.8) is 0 Å². The minimum Gasteiger partial charge on any atom is -0.504 e. The molecule has 5 nitrogen and oxygen atoms in total. The number of carbonyl (C=O) groups excluding carboxylic acids is 1. The SMILES string of the molecule is O=C(C=Cc1ccc(O)c(O)c1)N1CCOCC1. The topological polar surface area (TPSA) is 70.0 Å². The summed E-state index contributed by atoms with van der Waals surface area (Å²) in [5, 5.41) is 18.5. The van der Waals surface area contributed by atoms with Crippen LogP contribution in [0.2, 0.25) is 0 Å². The van der Waals surface area contributed by atoms with Crippen LogP contribution < -0.4 is 0 Å². The van der Waals surface area contributed by atoms with E-state index in [0.29, 0.717) is 31.9 Å². The zero-order valence-corrected chi connectivity index (χ0v) is 9.87. The molecule has 0 saturated carbocycles. The minimum atomic E-state index is -0.198. The van der Waals surface area contributed by atoms with Gasteiger partial charge in [-0.1, -0.05) is 6.07 Å². The summed E-state index contributed by atoms with van der Waals surface area (Å²) in [4.78, 5) is 13.5. The molecule has 1 fully saturated rings. The van der Waals surface area contributed by atoms with Gasteiger partial charge in [0.05, 0.1) is 13.2 Å². The highest BCUT2D eigenvalue weighted by molar-refractivity contribution is 5.91. The second-order valence-electron chi connectivity index (χ2n) is 4.02. The molecule has 1 heterocycles. The molecule has 18 heavy (non-hydrogen) atoms. The summed E-state index contributed by atoms with van der Waals surface area (Å²) in [6.07, 6.45) is 3.06. The molecule has 1 amide bonds. The van der Waals surface area contributed by atoms with Crippen LogP contribution in [0.5, 0.6) is 11.5 Å². The van der Waals surface area contributed by atoms with E-state index in [-0.39, 0.29) is 17.4 Å². The number of phenols is 2. The number of ether oxygens (including phenoxy) is 1. The van der Waals surface area contributed by atoms with E-state index in [1.807, 2.05) is 0 Å². The van der Waals surface area contributed by atoms with Gasteiger partial charge in [-0.2, -0.15) is 0 Å². The first-order valence-electron chi connectivity index (χ1n) is 5.73. The Balaban J connectivity index is 2.01. The zero-order chi connectivity index (χ0) is 13.0. The van der Waals surface area contributed by atoms with Crippen molar-refractivity contribution in [2.75, 3.05) is 26.3 Å². The van der Waals surface area contributed by atoms with Crippen LogP contribution in [0.25, 0.3) is 6.08 Å². The minimum absolute atomic E-state index is 0.0779. The molecule has 1 aromatic carbocycles. The fourth-order valence-corrected chi connectivity index (χ4v) is 1.70. The first kappa shape index (κ1) is 12.4. The second kappa shape index (κ2) is 5.55. The Labute approximate surface area is 105 Å². The maximum atomic E-state index is 11.8. The molecule has 2 N–H and O–H groups in total. The molecule has 0 spiro atoms. The maximum absolute atomic E-state index is 11.8. The molecule has 0 atom stereocenters. The highest BCUT2D eigenvalue weighted by atomic mass is 16.5. The number of nitrogens with zero attached hydrogens (tertiary/aromatic N) is 1. The van der Waals surface area contributed by atoms with Gasteiger partial charge in [-0.15, -0.1) is 0 Å². The fraction of sp³-hybridized carbons (Fsp3) is 0.308. The molecule has 1 aliphatic heterocycles. The Kier molecular flexibility index (Phi) is 3.84. The number of benzene rings is 1. The summed E-state index contributed by atoms with van der Waals surface area (Å²) in [6, 6.07) is 4.41. The zero-order valence-electron chi connectivity index (χ0n) is 9.87. The molecule has 0 bridgehead atoms. The molecule has 1 saturated heterocycles. The van der Waals surface area contributed by atoms with Crippen molar-refractivity contribution in [3.8, 4) is 11.5 Å². The van der Waals surface area contributed by atoms with E-state index in [1.165, 1.54) is 18.2 Å². The first-order chi connectivity index (χ1) is 8.66. The largest absolute Gasteiger partial charge is 0.504 e. The lowest BCUT2D eigenvalue weighted by atomic mass is 10.2. The van der Waals surface area contributed by atoms with Gasteiger partial charge in [0.1, 0.15) is 0 Å². The molecule has 0 aromatic heterocycles. The smallest absolute Gasteiger partial charge is 0.246 e. The van der Waals surface area contributed by atoms with Crippen molar-refractivity contribution >= 4 is 12.0 Å². The number of amides is 1. The normalized spacial score (nSPS) is 16.1. The number of rotatable bonds is 2. The van der Waals surface area contributed by atoms with Crippen LogP contribution in [0, 0.1) is 0 Å². The van der Waals surface area contributed by atoms with Crippen LogP contribution in [0.3, 0.4) is 0 Å². The van der Waals surface area contributed by atoms with E-state index in [0.717, 1.165) is 0 Å². The van der Waals surface area contributed by atoms with Crippen LogP contribution in [0.1, 0.15) is 5.56 Å². The van der Waals surface area contributed by atoms with Gasteiger partial charge in [0.25, 0.3) is 0 Å². The van der Waals surface area contributed by atoms with E-state index in [1.54, 1.807) is 17.0 Å². The number of hydrogen-bond donors (Lipinski definition) is 2. The molecule has 0 aliphatic carbocycles. The molecular formula is C13H15NO4. The third kappa shape index (κ3) is 3.01. The summed E-state index contributed by atoms with van der Waals surface area (Å²) in [7, 11) is 0. The Morgan fingerprint density at radius 1 is 1.22 bits per heavy atom. The van der Waals surface area contributed by atoms with Gasteiger partial charge in [-0.05, 0) is 23.8 Å². The van der Waals surface area contributed by atoms with Gasteiger partial charge in [0.15, 0.2) is 11.5 Å². The lowest BCUT2D eigenvalue weighted by Crippen LogP contribution is -2.39. The third-order valence-corrected chi connectivity index (χ3v) is 2.74. The summed E-state index contributed by atoms with van der Waals surface area (Å²) in [5.74, 6) is -0.450. The molecule has 1 aromatic rings. The number of carbonyl (C=O) groups is 1. The Morgan fingerprint density at radius 3 is 2.61 bits per heavy atom. The molecular weight excluding hydrogens is 234 g/mol. The highest BCUT2D eigenvalue weighted by Gasteiger charge is 2.13. The van der Waals surface area contributed by atoms with Gasteiger partial charge in [0, 0.05) is 19.2 Å². The van der Waals surface area contributed by atoms with Gasteiger partial charge in [-0.25, -0.2) is 0 Å². The predicted octanol–water partition coefficient (Wildman–Crippen LogP) is 0.970. The van der Waals surface area contributed by atoms with Crippen LogP contribution in [-0.4, -0.2) is 47.3 Å². The lowest BCUT2D eigenvalue weighted by molar-refractivity contribution is -0.129. The molecule has 1 aliphatic rings. The van der Waals surface area contributed by atoms with Crippen LogP contribution in [0.4, 0.5) is 0 Å². The molecule has 2 rings (SSSR count). The van der Waals surface area contributed by atoms with Crippen molar-refractivity contribution in [2.45, 2.75) is 0 Å². The van der Waals surface area contributed by atoms with Gasteiger partial charge in [-0.3, -0.25) is 4.79 Å². The quantitative estimate of drug-likeness (QED) is 0.605. The van der Waals surface area contributed by atoms with E-state index >= 15 is 0 Å². The fourth-order valence-electron chi connectivity index (χ4n) is 1.70. The number of aromatic hydroxyl groups is 2. The maximum Gasteiger partial charge on any atom is 0.246 e. The van der Waals surface area contributed by atoms with Gasteiger partial charge < -0.3 is 19.8 Å². The van der Waals surface area contributed by atoms with Crippen LogP contribution in [0.15, 0.2) is 24.3 Å². The molecule has 0 radical (unpaired) electrons. The van der Waals surface area contributed by atoms with Crippen molar-refractivity contribution in [1.82, 2.24) is 4.90 Å². The lowest BCUT2D eigenvalue weighted by Gasteiger charge is -2.25. The molecule has 96 valence electrons. The van der Waals surface area contributed by atoms with E-state index < -0.39 is 0 Å². The average Bonchev–Trinajstić information content (AvgIpc) is 2.41. The third-order valence-electron chi connectivity index (χ3n) is 2.74. The summed E-state index contributed by atoms with van der Waals surface area (Å²) in [5.41, 5.74) is 0.659. The molecule has 0 unspecified atom stereocenters. The van der Waals surface area contributed by atoms with Crippen molar-refractivity contribution in [1.29, 1.82) is 0 Å². The molecule has 5 heteroatoms. The average molecular weight is 249 g/mol. The Morgan fingerprint density at radius 2 is 1.94 bits per heavy atom. The van der Waals surface area contributed by atoms with Crippen molar-refractivity contribution < 1.29 is 19.7 Å². The van der Waals surface area contributed by atoms with Crippen molar-refractivity contribution in [2.24, 2.45) is 0 Å². The first-order valence-corrected chi connectivity index (χ1v) is 5.73.